The number of benzene rings is 1. The first-order valence-electron chi connectivity index (χ1n) is 5.39. The number of halogens is 1. The van der Waals surface area contributed by atoms with E-state index in [9.17, 15) is 9.59 Å². The third-order valence-corrected chi connectivity index (χ3v) is 3.38. The summed E-state index contributed by atoms with van der Waals surface area (Å²) in [6.07, 6.45) is -0.129. The summed E-state index contributed by atoms with van der Waals surface area (Å²) >= 11 is 5.63. The van der Waals surface area contributed by atoms with E-state index in [4.69, 9.17) is 16.3 Å². The molecule has 0 saturated carbocycles. The summed E-state index contributed by atoms with van der Waals surface area (Å²) in [5.74, 6) is -0.0859. The molecule has 0 spiro atoms. The van der Waals surface area contributed by atoms with Crippen LogP contribution in [0.3, 0.4) is 0 Å². The highest BCUT2D eigenvalue weighted by molar-refractivity contribution is 6.21. The SMILES string of the molecule is O=C1c2ccccc2C(=O)N1CC1OC1CCl. The maximum Gasteiger partial charge on any atom is 0.261 e. The van der Waals surface area contributed by atoms with Gasteiger partial charge in [0.05, 0.1) is 29.7 Å². The van der Waals surface area contributed by atoms with E-state index >= 15 is 0 Å². The van der Waals surface area contributed by atoms with Crippen molar-refractivity contribution < 1.29 is 14.3 Å². The van der Waals surface area contributed by atoms with Crippen LogP contribution in [0, 0.1) is 0 Å². The topological polar surface area (TPSA) is 49.9 Å². The molecule has 0 aromatic heterocycles. The molecule has 1 aromatic carbocycles. The van der Waals surface area contributed by atoms with E-state index in [1.165, 1.54) is 4.90 Å². The van der Waals surface area contributed by atoms with Gasteiger partial charge in [-0.25, -0.2) is 0 Å². The van der Waals surface area contributed by atoms with Crippen molar-refractivity contribution in [2.45, 2.75) is 12.2 Å². The van der Waals surface area contributed by atoms with Crippen LogP contribution in [0.1, 0.15) is 20.7 Å². The first kappa shape index (κ1) is 10.7. The van der Waals surface area contributed by atoms with Crippen LogP contribution in [-0.4, -0.2) is 41.3 Å². The lowest BCUT2D eigenvalue weighted by atomic mass is 10.1. The number of hydrogen-bond donors (Lipinski definition) is 0. The molecule has 0 N–H and O–H groups in total. The molecule has 3 rings (SSSR count). The normalized spacial score (nSPS) is 26.3. The zero-order chi connectivity index (χ0) is 12.0. The Morgan fingerprint density at radius 3 is 2.18 bits per heavy atom. The van der Waals surface area contributed by atoms with E-state index < -0.39 is 0 Å². The lowest BCUT2D eigenvalue weighted by molar-refractivity contribution is 0.0642. The fraction of sp³-hybridized carbons (Fsp3) is 0.333. The van der Waals surface area contributed by atoms with Crippen LogP contribution in [0.2, 0.25) is 0 Å². The molecule has 0 bridgehead atoms. The van der Waals surface area contributed by atoms with Gasteiger partial charge in [0.25, 0.3) is 11.8 Å². The Kier molecular flexibility index (Phi) is 2.42. The van der Waals surface area contributed by atoms with Gasteiger partial charge in [0, 0.05) is 0 Å². The second-order valence-electron chi connectivity index (χ2n) is 4.13. The van der Waals surface area contributed by atoms with Crippen molar-refractivity contribution in [1.29, 1.82) is 0 Å². The molecule has 2 aliphatic rings. The minimum Gasteiger partial charge on any atom is -0.366 e. The second-order valence-corrected chi connectivity index (χ2v) is 4.44. The molecule has 2 amide bonds. The molecule has 17 heavy (non-hydrogen) atoms. The van der Waals surface area contributed by atoms with Gasteiger partial charge < -0.3 is 4.74 Å². The number of hydrogen-bond acceptors (Lipinski definition) is 3. The van der Waals surface area contributed by atoms with E-state index in [1.54, 1.807) is 24.3 Å². The highest BCUT2D eigenvalue weighted by Crippen LogP contribution is 2.28. The number of imide groups is 1. The average Bonchev–Trinajstić information content (AvgIpc) is 3.08. The predicted octanol–water partition coefficient (Wildman–Crippen LogP) is 1.29. The van der Waals surface area contributed by atoms with E-state index in [1.807, 2.05) is 0 Å². The number of carbonyl (C=O) groups excluding carboxylic acids is 2. The standard InChI is InChI=1S/C12H10ClNO3/c13-5-9-10(17-9)6-14-11(15)7-3-1-2-4-8(7)12(14)16/h1-4,9-10H,5-6H2. The van der Waals surface area contributed by atoms with E-state index in [0.717, 1.165) is 0 Å². The molecule has 0 aliphatic carbocycles. The van der Waals surface area contributed by atoms with Crippen LogP contribution in [-0.2, 0) is 4.74 Å². The summed E-state index contributed by atoms with van der Waals surface area (Å²) < 4.78 is 5.25. The first-order valence-corrected chi connectivity index (χ1v) is 5.92. The number of alkyl halides is 1. The predicted molar refractivity (Wildman–Crippen MR) is 61.2 cm³/mol. The number of carbonyl (C=O) groups is 2. The number of fused-ring (bicyclic) bond motifs is 1. The second kappa shape index (κ2) is 3.82. The summed E-state index contributed by atoms with van der Waals surface area (Å²) in [5.41, 5.74) is 0.946. The lowest BCUT2D eigenvalue weighted by Crippen LogP contribution is -2.33. The molecule has 5 heteroatoms. The Morgan fingerprint density at radius 1 is 1.12 bits per heavy atom. The third-order valence-electron chi connectivity index (χ3n) is 3.08. The fourth-order valence-electron chi connectivity index (χ4n) is 2.06. The summed E-state index contributed by atoms with van der Waals surface area (Å²) in [7, 11) is 0. The fourth-order valence-corrected chi connectivity index (χ4v) is 2.33. The Labute approximate surface area is 103 Å². The van der Waals surface area contributed by atoms with E-state index in [2.05, 4.69) is 0 Å². The van der Waals surface area contributed by atoms with Gasteiger partial charge in [-0.15, -0.1) is 11.6 Å². The van der Waals surface area contributed by atoms with Crippen LogP contribution < -0.4 is 0 Å². The smallest absolute Gasteiger partial charge is 0.261 e. The minimum atomic E-state index is -0.241. The minimum absolute atomic E-state index is 0.0269. The van der Waals surface area contributed by atoms with Crippen molar-refractivity contribution in [3.63, 3.8) is 0 Å². The highest BCUT2D eigenvalue weighted by atomic mass is 35.5. The molecule has 0 radical (unpaired) electrons. The largest absolute Gasteiger partial charge is 0.366 e. The lowest BCUT2D eigenvalue weighted by Gasteiger charge is -2.11. The van der Waals surface area contributed by atoms with Gasteiger partial charge in [0.15, 0.2) is 0 Å². The van der Waals surface area contributed by atoms with Gasteiger partial charge >= 0.3 is 0 Å². The van der Waals surface area contributed by atoms with Crippen molar-refractivity contribution in [2.24, 2.45) is 0 Å². The van der Waals surface area contributed by atoms with Crippen molar-refractivity contribution in [3.8, 4) is 0 Å². The van der Waals surface area contributed by atoms with E-state index in [0.29, 0.717) is 23.6 Å². The van der Waals surface area contributed by atoms with Crippen LogP contribution in [0.5, 0.6) is 0 Å². The zero-order valence-electron chi connectivity index (χ0n) is 8.93. The maximum absolute atomic E-state index is 12.0. The molecule has 4 nitrogen and oxygen atoms in total. The summed E-state index contributed by atoms with van der Waals surface area (Å²) in [6.45, 7) is 0.295. The highest BCUT2D eigenvalue weighted by Gasteiger charge is 2.44. The van der Waals surface area contributed by atoms with Crippen molar-refractivity contribution >= 4 is 23.4 Å². The average molecular weight is 252 g/mol. The Bertz CT molecular complexity index is 467. The number of epoxide rings is 1. The molecule has 2 unspecified atom stereocenters. The molecule has 2 atom stereocenters. The van der Waals surface area contributed by atoms with Gasteiger partial charge in [-0.05, 0) is 12.1 Å². The van der Waals surface area contributed by atoms with Crippen molar-refractivity contribution in [2.75, 3.05) is 12.4 Å². The molecule has 2 heterocycles. The van der Waals surface area contributed by atoms with Gasteiger partial charge in [0.2, 0.25) is 0 Å². The van der Waals surface area contributed by atoms with Gasteiger partial charge in [-0.3, -0.25) is 14.5 Å². The van der Waals surface area contributed by atoms with Gasteiger partial charge in [-0.1, -0.05) is 12.1 Å². The zero-order valence-corrected chi connectivity index (χ0v) is 9.68. The van der Waals surface area contributed by atoms with Crippen LogP contribution >= 0.6 is 11.6 Å². The van der Waals surface area contributed by atoms with Crippen molar-refractivity contribution in [1.82, 2.24) is 4.90 Å². The number of nitrogens with zero attached hydrogens (tertiary/aromatic N) is 1. The Balaban J connectivity index is 1.81. The molecular formula is C12H10ClNO3. The number of ether oxygens (including phenoxy) is 1. The van der Waals surface area contributed by atoms with Crippen LogP contribution in [0.4, 0.5) is 0 Å². The molecule has 1 fully saturated rings. The molecule has 1 saturated heterocycles. The van der Waals surface area contributed by atoms with Gasteiger partial charge in [-0.2, -0.15) is 0 Å². The molecular weight excluding hydrogens is 242 g/mol. The Hall–Kier alpha value is -1.39. The Morgan fingerprint density at radius 2 is 1.71 bits per heavy atom. The number of rotatable bonds is 3. The van der Waals surface area contributed by atoms with Crippen molar-refractivity contribution in [3.05, 3.63) is 35.4 Å². The molecule has 2 aliphatic heterocycles. The van der Waals surface area contributed by atoms with E-state index in [-0.39, 0.29) is 24.0 Å². The monoisotopic (exact) mass is 251 g/mol. The quantitative estimate of drug-likeness (QED) is 0.462. The summed E-state index contributed by atoms with van der Waals surface area (Å²) in [6, 6.07) is 6.84. The van der Waals surface area contributed by atoms with Crippen LogP contribution in [0.15, 0.2) is 24.3 Å². The third kappa shape index (κ3) is 1.64. The maximum atomic E-state index is 12.0. The summed E-state index contributed by atoms with van der Waals surface area (Å²) in [5, 5.41) is 0. The number of amides is 2. The van der Waals surface area contributed by atoms with Gasteiger partial charge in [0.1, 0.15) is 6.10 Å². The molecule has 1 aromatic rings. The molecule has 88 valence electrons. The first-order chi connectivity index (χ1) is 8.22. The van der Waals surface area contributed by atoms with Crippen LogP contribution in [0.25, 0.3) is 0 Å². The summed E-state index contributed by atoms with van der Waals surface area (Å²) in [4.78, 5) is 25.2.